The first-order valence-corrected chi connectivity index (χ1v) is 9.67. The molecule has 0 amide bonds. The van der Waals surface area contributed by atoms with E-state index in [-0.39, 0.29) is 0 Å². The predicted molar refractivity (Wildman–Crippen MR) is 89.3 cm³/mol. The quantitative estimate of drug-likeness (QED) is 0.401. The monoisotopic (exact) mass is 310 g/mol. The minimum absolute atomic E-state index is 0.583. The highest BCUT2D eigenvalue weighted by molar-refractivity contribution is 6.36. The van der Waals surface area contributed by atoms with Crippen molar-refractivity contribution in [3.63, 3.8) is 0 Å². The summed E-state index contributed by atoms with van der Waals surface area (Å²) in [7, 11) is -1.99. The van der Waals surface area contributed by atoms with Crippen LogP contribution in [0.25, 0.3) is 0 Å². The highest BCUT2D eigenvalue weighted by atomic mass is 28.3. The molecule has 0 aliphatic heterocycles. The van der Waals surface area contributed by atoms with Crippen molar-refractivity contribution in [2.75, 3.05) is 13.2 Å². The van der Waals surface area contributed by atoms with Crippen LogP contribution in [0.15, 0.2) is 30.3 Å². The Morgan fingerprint density at radius 2 is 1.33 bits per heavy atom. The molecule has 0 fully saturated rings. The zero-order chi connectivity index (χ0) is 15.2. The van der Waals surface area contributed by atoms with Gasteiger partial charge in [-0.05, 0) is 18.4 Å². The second kappa shape index (κ2) is 13.0. The molecule has 0 aliphatic carbocycles. The summed E-state index contributed by atoms with van der Waals surface area (Å²) in [4.78, 5) is 0. The molecule has 1 aromatic carbocycles. The molecule has 0 atom stereocenters. The maximum absolute atomic E-state index is 5.88. The molecular formula is C17H30O3Si. The maximum atomic E-state index is 5.88. The third kappa shape index (κ3) is 9.80. The van der Waals surface area contributed by atoms with Gasteiger partial charge in [-0.3, -0.25) is 0 Å². The van der Waals surface area contributed by atoms with Crippen LogP contribution in [-0.2, 0) is 19.9 Å². The van der Waals surface area contributed by atoms with Gasteiger partial charge < -0.3 is 13.3 Å². The van der Waals surface area contributed by atoms with E-state index >= 15 is 0 Å². The normalized spacial score (nSPS) is 11.2. The molecule has 0 bridgehead atoms. The molecule has 0 radical (unpaired) electrons. The number of benzene rings is 1. The Hall–Kier alpha value is -0.683. The van der Waals surface area contributed by atoms with Crippen molar-refractivity contribution in [2.24, 2.45) is 0 Å². The Labute approximate surface area is 131 Å². The molecule has 0 aromatic heterocycles. The molecule has 0 heterocycles. The zero-order valence-corrected chi connectivity index (χ0v) is 14.7. The Morgan fingerprint density at radius 3 is 1.86 bits per heavy atom. The summed E-state index contributed by atoms with van der Waals surface area (Å²) >= 11 is 0. The fraction of sp³-hybridized carbons (Fsp3) is 0.647. The van der Waals surface area contributed by atoms with Crippen LogP contribution in [0.3, 0.4) is 0 Å². The lowest BCUT2D eigenvalue weighted by Gasteiger charge is -2.17. The van der Waals surface area contributed by atoms with Crippen LogP contribution in [0.4, 0.5) is 0 Å². The van der Waals surface area contributed by atoms with Gasteiger partial charge in [-0.15, -0.1) is 0 Å². The molecule has 0 saturated carbocycles. The van der Waals surface area contributed by atoms with Crippen molar-refractivity contribution in [2.45, 2.75) is 59.0 Å². The first-order valence-electron chi connectivity index (χ1n) is 8.25. The van der Waals surface area contributed by atoms with Gasteiger partial charge in [-0.2, -0.15) is 0 Å². The molecule has 0 saturated heterocycles. The number of hydrogen-bond donors (Lipinski definition) is 0. The van der Waals surface area contributed by atoms with Gasteiger partial charge in [0.05, 0.1) is 6.61 Å². The lowest BCUT2D eigenvalue weighted by Crippen LogP contribution is -2.28. The van der Waals surface area contributed by atoms with E-state index in [1.165, 1.54) is 31.2 Å². The zero-order valence-electron chi connectivity index (χ0n) is 13.6. The average molecular weight is 311 g/mol. The molecule has 4 heteroatoms. The second-order valence-electron chi connectivity index (χ2n) is 5.24. The average Bonchev–Trinajstić information content (AvgIpc) is 2.53. The molecule has 0 aliphatic rings. The number of rotatable bonds is 13. The summed E-state index contributed by atoms with van der Waals surface area (Å²) < 4.78 is 17.6. The van der Waals surface area contributed by atoms with Crippen molar-refractivity contribution >= 4 is 9.53 Å². The standard InChI is InChI=1S/C17H30O3Si/c1-3-5-10-14-18-21(19-15-11-6-4-2)20-16-17-12-8-7-9-13-17/h7-9,12-13,21H,3-6,10-11,14-16H2,1-2H3. The van der Waals surface area contributed by atoms with Crippen LogP contribution >= 0.6 is 0 Å². The van der Waals surface area contributed by atoms with Gasteiger partial charge in [-0.1, -0.05) is 69.9 Å². The highest BCUT2D eigenvalue weighted by Crippen LogP contribution is 2.06. The summed E-state index contributed by atoms with van der Waals surface area (Å²) in [5.74, 6) is 0. The molecule has 0 spiro atoms. The summed E-state index contributed by atoms with van der Waals surface area (Å²) in [6.07, 6.45) is 7.00. The van der Waals surface area contributed by atoms with E-state index in [2.05, 4.69) is 26.0 Å². The SMILES string of the molecule is CCCCCO[SiH](OCCCCC)OCc1ccccc1. The fourth-order valence-corrected chi connectivity index (χ4v) is 3.28. The van der Waals surface area contributed by atoms with Gasteiger partial charge in [-0.25, -0.2) is 0 Å². The summed E-state index contributed by atoms with van der Waals surface area (Å²) in [5.41, 5.74) is 1.17. The van der Waals surface area contributed by atoms with Crippen LogP contribution in [-0.4, -0.2) is 22.7 Å². The summed E-state index contributed by atoms with van der Waals surface area (Å²) in [5, 5.41) is 0. The van der Waals surface area contributed by atoms with Crippen molar-refractivity contribution in [1.29, 1.82) is 0 Å². The van der Waals surface area contributed by atoms with E-state index < -0.39 is 9.53 Å². The molecule has 3 nitrogen and oxygen atoms in total. The molecule has 120 valence electrons. The van der Waals surface area contributed by atoms with Crippen LogP contribution in [0, 0.1) is 0 Å². The first-order chi connectivity index (χ1) is 10.4. The van der Waals surface area contributed by atoms with E-state index in [1.807, 2.05) is 18.2 Å². The Kier molecular flexibility index (Phi) is 11.4. The van der Waals surface area contributed by atoms with Crippen LogP contribution in [0.2, 0.25) is 0 Å². The van der Waals surface area contributed by atoms with Crippen LogP contribution in [0.1, 0.15) is 57.9 Å². The summed E-state index contributed by atoms with van der Waals surface area (Å²) in [6, 6.07) is 10.2. The van der Waals surface area contributed by atoms with Gasteiger partial charge in [0.25, 0.3) is 0 Å². The van der Waals surface area contributed by atoms with Gasteiger partial charge in [0.1, 0.15) is 0 Å². The van der Waals surface area contributed by atoms with Gasteiger partial charge in [0, 0.05) is 13.2 Å². The topological polar surface area (TPSA) is 27.7 Å². The van der Waals surface area contributed by atoms with E-state index in [0.29, 0.717) is 6.61 Å². The van der Waals surface area contributed by atoms with Crippen molar-refractivity contribution in [3.8, 4) is 0 Å². The third-order valence-electron chi connectivity index (χ3n) is 3.23. The van der Waals surface area contributed by atoms with Crippen LogP contribution < -0.4 is 0 Å². The Bertz CT molecular complexity index is 320. The lowest BCUT2D eigenvalue weighted by molar-refractivity contribution is 0.0848. The summed E-state index contributed by atoms with van der Waals surface area (Å²) in [6.45, 7) is 6.49. The van der Waals surface area contributed by atoms with Gasteiger partial charge >= 0.3 is 9.53 Å². The molecule has 1 aromatic rings. The van der Waals surface area contributed by atoms with Crippen LogP contribution in [0.5, 0.6) is 0 Å². The minimum atomic E-state index is -1.99. The molecule has 21 heavy (non-hydrogen) atoms. The first kappa shape index (κ1) is 18.4. The third-order valence-corrected chi connectivity index (χ3v) is 4.69. The Morgan fingerprint density at radius 1 is 0.762 bits per heavy atom. The smallest absolute Gasteiger partial charge is 0.376 e. The van der Waals surface area contributed by atoms with E-state index in [4.69, 9.17) is 13.3 Å². The minimum Gasteiger partial charge on any atom is -0.376 e. The Balaban J connectivity index is 2.28. The number of hydrogen-bond acceptors (Lipinski definition) is 3. The van der Waals surface area contributed by atoms with E-state index in [1.54, 1.807) is 0 Å². The van der Waals surface area contributed by atoms with E-state index in [9.17, 15) is 0 Å². The second-order valence-corrected chi connectivity index (χ2v) is 6.82. The predicted octanol–water partition coefficient (Wildman–Crippen LogP) is 4.33. The highest BCUT2D eigenvalue weighted by Gasteiger charge is 2.15. The maximum Gasteiger partial charge on any atom is 0.484 e. The van der Waals surface area contributed by atoms with E-state index in [0.717, 1.165) is 26.1 Å². The molecule has 0 N–H and O–H groups in total. The molecule has 1 rings (SSSR count). The lowest BCUT2D eigenvalue weighted by atomic mass is 10.2. The molecular weight excluding hydrogens is 280 g/mol. The van der Waals surface area contributed by atoms with Crippen molar-refractivity contribution < 1.29 is 13.3 Å². The largest absolute Gasteiger partial charge is 0.484 e. The van der Waals surface area contributed by atoms with Crippen molar-refractivity contribution in [3.05, 3.63) is 35.9 Å². The van der Waals surface area contributed by atoms with Gasteiger partial charge in [0.2, 0.25) is 0 Å². The number of unbranched alkanes of at least 4 members (excludes halogenated alkanes) is 4. The van der Waals surface area contributed by atoms with Crippen molar-refractivity contribution in [1.82, 2.24) is 0 Å². The molecule has 0 unspecified atom stereocenters. The fourth-order valence-electron chi connectivity index (χ4n) is 1.95. The van der Waals surface area contributed by atoms with Gasteiger partial charge in [0.15, 0.2) is 0 Å².